The van der Waals surface area contributed by atoms with E-state index in [1.54, 1.807) is 0 Å². The minimum absolute atomic E-state index is 0. The Morgan fingerprint density at radius 1 is 1.38 bits per heavy atom. The first-order valence-corrected chi connectivity index (χ1v) is 8.34. The van der Waals surface area contributed by atoms with Crippen LogP contribution in [0.25, 0.3) is 0 Å². The maximum Gasteiger partial charge on any atom is 0.191 e. The van der Waals surface area contributed by atoms with Gasteiger partial charge in [-0.1, -0.05) is 6.08 Å². The SMILES string of the molecule is C=CCN1CCC(NC(=NC)NCc2c(C)nn(C)c2C)CC1.I. The van der Waals surface area contributed by atoms with Crippen molar-refractivity contribution in [2.75, 3.05) is 26.7 Å². The van der Waals surface area contributed by atoms with E-state index in [0.29, 0.717) is 6.04 Å². The summed E-state index contributed by atoms with van der Waals surface area (Å²) in [5, 5.41) is 11.4. The zero-order valence-corrected chi connectivity index (χ0v) is 17.6. The van der Waals surface area contributed by atoms with Gasteiger partial charge in [0.1, 0.15) is 0 Å². The van der Waals surface area contributed by atoms with Crippen LogP contribution in [0.1, 0.15) is 29.8 Å². The Balaban J connectivity index is 0.00000288. The van der Waals surface area contributed by atoms with Gasteiger partial charge in [-0.15, -0.1) is 30.6 Å². The second kappa shape index (κ2) is 10.0. The summed E-state index contributed by atoms with van der Waals surface area (Å²) in [5.41, 5.74) is 3.52. The maximum atomic E-state index is 4.46. The first kappa shape index (κ1) is 21.0. The van der Waals surface area contributed by atoms with Gasteiger partial charge in [-0.25, -0.2) is 0 Å². The topological polar surface area (TPSA) is 57.5 Å². The average molecular weight is 446 g/mol. The second-order valence-electron chi connectivity index (χ2n) is 6.21. The largest absolute Gasteiger partial charge is 0.354 e. The van der Waals surface area contributed by atoms with Crippen molar-refractivity contribution in [1.29, 1.82) is 0 Å². The van der Waals surface area contributed by atoms with E-state index in [4.69, 9.17) is 0 Å². The highest BCUT2D eigenvalue weighted by Crippen LogP contribution is 2.12. The second-order valence-corrected chi connectivity index (χ2v) is 6.21. The molecule has 1 saturated heterocycles. The van der Waals surface area contributed by atoms with Crippen LogP contribution < -0.4 is 10.6 Å². The standard InChI is InChI=1S/C17H30N6.HI/c1-6-9-23-10-7-15(8-11-23)20-17(18-4)19-12-16-13(2)21-22(5)14(16)3;/h6,15H,1,7-12H2,2-5H3,(H2,18,19,20);1H. The van der Waals surface area contributed by atoms with Crippen molar-refractivity contribution in [3.8, 4) is 0 Å². The lowest BCUT2D eigenvalue weighted by Crippen LogP contribution is -2.48. The van der Waals surface area contributed by atoms with Gasteiger partial charge < -0.3 is 10.6 Å². The predicted molar refractivity (Wildman–Crippen MR) is 111 cm³/mol. The molecule has 2 N–H and O–H groups in total. The first-order valence-electron chi connectivity index (χ1n) is 8.34. The predicted octanol–water partition coefficient (Wildman–Crippen LogP) is 1.97. The summed E-state index contributed by atoms with van der Waals surface area (Å²) in [5.74, 6) is 0.870. The summed E-state index contributed by atoms with van der Waals surface area (Å²) in [4.78, 5) is 6.79. The Hall–Kier alpha value is -1.09. The summed E-state index contributed by atoms with van der Waals surface area (Å²) in [6, 6.07) is 0.485. The van der Waals surface area contributed by atoms with Crippen molar-refractivity contribution in [1.82, 2.24) is 25.3 Å². The number of hydrogen-bond donors (Lipinski definition) is 2. The number of nitrogens with one attached hydrogen (secondary N) is 2. The van der Waals surface area contributed by atoms with E-state index in [1.165, 1.54) is 11.3 Å². The van der Waals surface area contributed by atoms with Gasteiger partial charge in [-0.3, -0.25) is 14.6 Å². The van der Waals surface area contributed by atoms with Gasteiger partial charge in [0.15, 0.2) is 5.96 Å². The van der Waals surface area contributed by atoms with Crippen molar-refractivity contribution in [2.45, 2.75) is 39.3 Å². The van der Waals surface area contributed by atoms with Crippen molar-refractivity contribution in [2.24, 2.45) is 12.0 Å². The summed E-state index contributed by atoms with van der Waals surface area (Å²) in [6.07, 6.45) is 4.26. The third kappa shape index (κ3) is 5.47. The Labute approximate surface area is 162 Å². The number of likely N-dealkylation sites (tertiary alicyclic amines) is 1. The van der Waals surface area contributed by atoms with Crippen LogP contribution in [0.5, 0.6) is 0 Å². The highest BCUT2D eigenvalue weighted by atomic mass is 127. The number of halogens is 1. The van der Waals surface area contributed by atoms with E-state index in [0.717, 1.165) is 50.7 Å². The molecule has 7 heteroatoms. The number of nitrogens with zero attached hydrogens (tertiary/aromatic N) is 4. The van der Waals surface area contributed by atoms with Gasteiger partial charge in [0.05, 0.1) is 5.69 Å². The zero-order valence-electron chi connectivity index (χ0n) is 15.3. The number of aryl methyl sites for hydroxylation is 2. The third-order valence-electron chi connectivity index (χ3n) is 4.63. The van der Waals surface area contributed by atoms with Gasteiger partial charge in [-0.2, -0.15) is 5.10 Å². The lowest BCUT2D eigenvalue weighted by molar-refractivity contribution is 0.225. The van der Waals surface area contributed by atoms with Crippen LogP contribution in [-0.4, -0.2) is 53.4 Å². The molecule has 1 fully saturated rings. The minimum atomic E-state index is 0. The number of rotatable bonds is 5. The van der Waals surface area contributed by atoms with Crippen LogP contribution in [-0.2, 0) is 13.6 Å². The highest BCUT2D eigenvalue weighted by molar-refractivity contribution is 14.0. The zero-order chi connectivity index (χ0) is 16.8. The van der Waals surface area contributed by atoms with Gasteiger partial charge in [-0.05, 0) is 26.7 Å². The molecule has 136 valence electrons. The molecule has 1 aliphatic heterocycles. The highest BCUT2D eigenvalue weighted by Gasteiger charge is 2.19. The summed E-state index contributed by atoms with van der Waals surface area (Å²) in [6.45, 7) is 11.9. The van der Waals surface area contributed by atoms with Crippen LogP contribution in [0.2, 0.25) is 0 Å². The smallest absolute Gasteiger partial charge is 0.191 e. The molecule has 0 bridgehead atoms. The number of aromatic nitrogens is 2. The molecule has 24 heavy (non-hydrogen) atoms. The Bertz CT molecular complexity index is 558. The molecule has 0 radical (unpaired) electrons. The van der Waals surface area contributed by atoms with E-state index < -0.39 is 0 Å². The molecule has 2 rings (SSSR count). The first-order chi connectivity index (χ1) is 11.0. The van der Waals surface area contributed by atoms with Crippen LogP contribution in [0.15, 0.2) is 17.6 Å². The monoisotopic (exact) mass is 446 g/mol. The summed E-state index contributed by atoms with van der Waals surface area (Å²) < 4.78 is 1.93. The molecule has 1 aromatic heterocycles. The van der Waals surface area contributed by atoms with E-state index in [-0.39, 0.29) is 24.0 Å². The van der Waals surface area contributed by atoms with E-state index in [1.807, 2.05) is 24.9 Å². The van der Waals surface area contributed by atoms with Crippen LogP contribution in [0.4, 0.5) is 0 Å². The molecule has 0 saturated carbocycles. The molecule has 0 spiro atoms. The van der Waals surface area contributed by atoms with Crippen LogP contribution in [0.3, 0.4) is 0 Å². The molecule has 1 aliphatic rings. The lowest BCUT2D eigenvalue weighted by atomic mass is 10.1. The fraction of sp³-hybridized carbons (Fsp3) is 0.647. The maximum absolute atomic E-state index is 4.46. The van der Waals surface area contributed by atoms with E-state index in [9.17, 15) is 0 Å². The third-order valence-corrected chi connectivity index (χ3v) is 4.63. The van der Waals surface area contributed by atoms with Gasteiger partial charge in [0.25, 0.3) is 0 Å². The lowest BCUT2D eigenvalue weighted by Gasteiger charge is -2.32. The molecule has 0 unspecified atom stereocenters. The van der Waals surface area contributed by atoms with Crippen molar-refractivity contribution in [3.05, 3.63) is 29.6 Å². The number of aliphatic imine (C=N–C) groups is 1. The summed E-state index contributed by atoms with van der Waals surface area (Å²) >= 11 is 0. The molecule has 1 aromatic rings. The quantitative estimate of drug-likeness (QED) is 0.314. The van der Waals surface area contributed by atoms with Gasteiger partial charge in [0.2, 0.25) is 0 Å². The molecule has 0 atom stereocenters. The fourth-order valence-electron chi connectivity index (χ4n) is 3.08. The van der Waals surface area contributed by atoms with Crippen LogP contribution in [0, 0.1) is 13.8 Å². The van der Waals surface area contributed by atoms with E-state index >= 15 is 0 Å². The Morgan fingerprint density at radius 2 is 2.04 bits per heavy atom. The molecule has 6 nitrogen and oxygen atoms in total. The van der Waals surface area contributed by atoms with Crippen LogP contribution >= 0.6 is 24.0 Å². The minimum Gasteiger partial charge on any atom is -0.354 e. The Kier molecular flexibility index (Phi) is 8.75. The summed E-state index contributed by atoms with van der Waals surface area (Å²) in [7, 11) is 3.81. The number of guanidine groups is 1. The molecule has 2 heterocycles. The molecule has 0 aromatic carbocycles. The van der Waals surface area contributed by atoms with Gasteiger partial charge in [0, 0.05) is 57.6 Å². The Morgan fingerprint density at radius 3 is 2.54 bits per heavy atom. The van der Waals surface area contributed by atoms with Crippen molar-refractivity contribution < 1.29 is 0 Å². The van der Waals surface area contributed by atoms with E-state index in [2.05, 4.69) is 46.1 Å². The number of piperidine rings is 1. The fourth-order valence-corrected chi connectivity index (χ4v) is 3.08. The normalized spacial score (nSPS) is 16.6. The van der Waals surface area contributed by atoms with Gasteiger partial charge >= 0.3 is 0 Å². The molecular formula is C17H31IN6. The molecule has 0 amide bonds. The van der Waals surface area contributed by atoms with Crippen molar-refractivity contribution in [3.63, 3.8) is 0 Å². The average Bonchev–Trinajstić information content (AvgIpc) is 2.78. The molecule has 0 aliphatic carbocycles. The molecular weight excluding hydrogens is 415 g/mol. The van der Waals surface area contributed by atoms with Crippen molar-refractivity contribution >= 4 is 29.9 Å². The number of hydrogen-bond acceptors (Lipinski definition) is 3.